The summed E-state index contributed by atoms with van der Waals surface area (Å²) in [4.78, 5) is 34.9. The van der Waals surface area contributed by atoms with Crippen molar-refractivity contribution in [1.29, 1.82) is 0 Å². The molecule has 36 heavy (non-hydrogen) atoms. The lowest BCUT2D eigenvalue weighted by atomic mass is 10.1. The third-order valence-corrected chi connectivity index (χ3v) is 5.16. The van der Waals surface area contributed by atoms with Crippen LogP contribution in [-0.2, 0) is 16.0 Å². The van der Waals surface area contributed by atoms with Gasteiger partial charge in [-0.3, -0.25) is 19.7 Å². The van der Waals surface area contributed by atoms with Crippen LogP contribution in [0.3, 0.4) is 0 Å². The van der Waals surface area contributed by atoms with E-state index in [0.29, 0.717) is 11.3 Å². The lowest BCUT2D eigenvalue weighted by Crippen LogP contribution is -2.20. The fourth-order valence-corrected chi connectivity index (χ4v) is 3.43. The first kappa shape index (κ1) is 26.2. The van der Waals surface area contributed by atoms with Crippen molar-refractivity contribution in [3.8, 4) is 11.5 Å². The molecular weight excluding hydrogens is 488 g/mol. The Balaban J connectivity index is 1.60. The van der Waals surface area contributed by atoms with Gasteiger partial charge in [0.05, 0.1) is 29.7 Å². The van der Waals surface area contributed by atoms with Gasteiger partial charge >= 0.3 is 0 Å². The van der Waals surface area contributed by atoms with Crippen molar-refractivity contribution in [3.63, 3.8) is 0 Å². The third kappa shape index (κ3) is 7.28. The number of nitro groups is 1. The lowest BCUT2D eigenvalue weighted by Gasteiger charge is -2.13. The Morgan fingerprint density at radius 1 is 1.11 bits per heavy atom. The van der Waals surface area contributed by atoms with Gasteiger partial charge in [0.2, 0.25) is 5.91 Å². The van der Waals surface area contributed by atoms with Crippen molar-refractivity contribution in [2.24, 2.45) is 5.10 Å². The summed E-state index contributed by atoms with van der Waals surface area (Å²) in [7, 11) is 1.42. The van der Waals surface area contributed by atoms with E-state index in [1.165, 1.54) is 37.6 Å². The molecule has 3 aromatic rings. The second kappa shape index (κ2) is 12.3. The maximum absolute atomic E-state index is 12.2. The number of carbonyl (C=O) groups excluding carboxylic acids is 2. The van der Waals surface area contributed by atoms with Crippen molar-refractivity contribution >= 4 is 41.0 Å². The van der Waals surface area contributed by atoms with E-state index in [-0.39, 0.29) is 46.7 Å². The van der Waals surface area contributed by atoms with Gasteiger partial charge in [0.1, 0.15) is 0 Å². The van der Waals surface area contributed by atoms with Gasteiger partial charge < -0.3 is 14.8 Å². The molecule has 0 saturated carbocycles. The van der Waals surface area contributed by atoms with Gasteiger partial charge in [0, 0.05) is 17.3 Å². The quantitative estimate of drug-likeness (QED) is 0.238. The molecule has 3 aromatic carbocycles. The average molecular weight is 511 g/mol. The first-order chi connectivity index (χ1) is 17.3. The minimum Gasteiger partial charge on any atom is -0.493 e. The van der Waals surface area contributed by atoms with Gasteiger partial charge in [0.15, 0.2) is 18.1 Å². The molecule has 2 N–H and O–H groups in total. The Kier molecular flexibility index (Phi) is 8.95. The number of nitrogens with one attached hydrogen (secondary N) is 2. The van der Waals surface area contributed by atoms with E-state index in [9.17, 15) is 19.7 Å². The Morgan fingerprint density at radius 2 is 1.83 bits per heavy atom. The van der Waals surface area contributed by atoms with E-state index in [1.54, 1.807) is 24.3 Å². The zero-order valence-corrected chi connectivity index (χ0v) is 20.2. The maximum Gasteiger partial charge on any atom is 0.273 e. The summed E-state index contributed by atoms with van der Waals surface area (Å²) in [5, 5.41) is 17.9. The summed E-state index contributed by atoms with van der Waals surface area (Å²) in [6, 6.07) is 16.4. The van der Waals surface area contributed by atoms with E-state index >= 15 is 0 Å². The lowest BCUT2D eigenvalue weighted by molar-refractivity contribution is -0.385. The van der Waals surface area contributed by atoms with E-state index in [2.05, 4.69) is 15.8 Å². The van der Waals surface area contributed by atoms with E-state index in [0.717, 1.165) is 5.56 Å². The topological polar surface area (TPSA) is 132 Å². The van der Waals surface area contributed by atoms with Crippen molar-refractivity contribution in [2.45, 2.75) is 13.3 Å². The number of carbonyl (C=O) groups is 2. The van der Waals surface area contributed by atoms with E-state index in [1.807, 2.05) is 19.1 Å². The summed E-state index contributed by atoms with van der Waals surface area (Å²) in [6.07, 6.45) is 1.12. The number of halogens is 1. The molecule has 0 saturated heterocycles. The maximum atomic E-state index is 12.2. The zero-order valence-electron chi connectivity index (χ0n) is 19.5. The highest BCUT2D eigenvalue weighted by atomic mass is 35.5. The molecule has 0 bridgehead atoms. The van der Waals surface area contributed by atoms with Crippen LogP contribution in [0.5, 0.6) is 11.5 Å². The predicted octanol–water partition coefficient (Wildman–Crippen LogP) is 4.28. The van der Waals surface area contributed by atoms with Gasteiger partial charge in [-0.25, -0.2) is 5.43 Å². The number of hydrazone groups is 1. The molecule has 0 aliphatic heterocycles. The van der Waals surface area contributed by atoms with Crippen LogP contribution in [-0.4, -0.2) is 36.7 Å². The van der Waals surface area contributed by atoms with Crippen LogP contribution in [0.1, 0.15) is 16.7 Å². The van der Waals surface area contributed by atoms with Crippen LogP contribution in [0, 0.1) is 17.0 Å². The summed E-state index contributed by atoms with van der Waals surface area (Å²) < 4.78 is 10.9. The van der Waals surface area contributed by atoms with Crippen LogP contribution < -0.4 is 20.2 Å². The molecule has 0 fully saturated rings. The van der Waals surface area contributed by atoms with Crippen LogP contribution in [0.2, 0.25) is 5.02 Å². The number of rotatable bonds is 10. The minimum atomic E-state index is -0.546. The average Bonchev–Trinajstić information content (AvgIpc) is 2.84. The Morgan fingerprint density at radius 3 is 2.53 bits per heavy atom. The van der Waals surface area contributed by atoms with Gasteiger partial charge in [0.25, 0.3) is 11.6 Å². The highest BCUT2D eigenvalue weighted by Gasteiger charge is 2.16. The number of nitrogens with zero attached hydrogens (tertiary/aromatic N) is 2. The Bertz CT molecular complexity index is 1290. The number of aryl methyl sites for hydroxylation is 1. The fourth-order valence-electron chi connectivity index (χ4n) is 3.16. The Hall–Kier alpha value is -4.44. The van der Waals surface area contributed by atoms with Gasteiger partial charge in [-0.15, -0.1) is 0 Å². The summed E-state index contributed by atoms with van der Waals surface area (Å²) in [6.45, 7) is 1.66. The van der Waals surface area contributed by atoms with Gasteiger partial charge in [-0.2, -0.15) is 5.10 Å². The standard InChI is InChI=1S/C25H23ClN4O6/c1-16-7-9-19(10-8-16)28-24(32)15-36-25-20(26)11-17(12-22(25)35-2)14-27-29-23(31)13-18-5-3-4-6-21(18)30(33)34/h3-12,14H,13,15H2,1-2H3,(H,28,32)(H,29,31)/b27-14+. The van der Waals surface area contributed by atoms with E-state index in [4.69, 9.17) is 21.1 Å². The molecule has 3 rings (SSSR count). The molecule has 0 aliphatic rings. The highest BCUT2D eigenvalue weighted by Crippen LogP contribution is 2.36. The predicted molar refractivity (Wildman–Crippen MR) is 136 cm³/mol. The van der Waals surface area contributed by atoms with Crippen molar-refractivity contribution in [2.75, 3.05) is 19.0 Å². The van der Waals surface area contributed by atoms with E-state index < -0.39 is 10.8 Å². The molecule has 2 amide bonds. The Labute approximate surface area is 212 Å². The molecule has 0 heterocycles. The number of methoxy groups -OCH3 is 1. The second-order valence-corrected chi connectivity index (χ2v) is 8.00. The number of hydrogen-bond acceptors (Lipinski definition) is 7. The molecule has 0 unspecified atom stereocenters. The number of para-hydroxylation sites is 1. The van der Waals surface area contributed by atoms with Crippen LogP contribution in [0.15, 0.2) is 65.8 Å². The molecule has 10 nitrogen and oxygen atoms in total. The molecule has 0 atom stereocenters. The fraction of sp³-hybridized carbons (Fsp3) is 0.160. The molecule has 0 radical (unpaired) electrons. The minimum absolute atomic E-state index is 0.142. The number of amides is 2. The number of anilines is 1. The summed E-state index contributed by atoms with van der Waals surface area (Å²) in [5.41, 5.74) is 4.65. The SMILES string of the molecule is COc1cc(/C=N/NC(=O)Cc2ccccc2[N+](=O)[O-])cc(Cl)c1OCC(=O)Nc1ccc(C)cc1. The monoisotopic (exact) mass is 510 g/mol. The first-order valence-corrected chi connectivity index (χ1v) is 11.1. The smallest absolute Gasteiger partial charge is 0.273 e. The molecule has 0 aromatic heterocycles. The van der Waals surface area contributed by atoms with Crippen molar-refractivity contribution < 1.29 is 24.0 Å². The summed E-state index contributed by atoms with van der Waals surface area (Å²) >= 11 is 6.32. The molecule has 11 heteroatoms. The number of hydrogen-bond donors (Lipinski definition) is 2. The van der Waals surface area contributed by atoms with Gasteiger partial charge in [-0.1, -0.05) is 47.5 Å². The van der Waals surface area contributed by atoms with Crippen molar-refractivity contribution in [1.82, 2.24) is 5.43 Å². The number of ether oxygens (including phenoxy) is 2. The number of benzene rings is 3. The van der Waals surface area contributed by atoms with Crippen LogP contribution in [0.4, 0.5) is 11.4 Å². The zero-order chi connectivity index (χ0) is 26.1. The molecular formula is C25H23ClN4O6. The first-order valence-electron chi connectivity index (χ1n) is 10.7. The van der Waals surface area contributed by atoms with Gasteiger partial charge in [-0.05, 0) is 36.8 Å². The molecule has 0 spiro atoms. The number of nitro benzene ring substituents is 1. The highest BCUT2D eigenvalue weighted by molar-refractivity contribution is 6.32. The van der Waals surface area contributed by atoms with Crippen molar-refractivity contribution in [3.05, 3.63) is 92.5 Å². The molecule has 186 valence electrons. The third-order valence-electron chi connectivity index (χ3n) is 4.88. The largest absolute Gasteiger partial charge is 0.493 e. The normalized spacial score (nSPS) is 10.6. The second-order valence-electron chi connectivity index (χ2n) is 7.59. The summed E-state index contributed by atoms with van der Waals surface area (Å²) in [5.74, 6) is -0.462. The van der Waals surface area contributed by atoms with Crippen LogP contribution >= 0.6 is 11.6 Å². The van der Waals surface area contributed by atoms with Crippen LogP contribution in [0.25, 0.3) is 0 Å². The molecule has 0 aliphatic carbocycles.